The fraction of sp³-hybridized carbons (Fsp3) is 0.235. The maximum Gasteiger partial charge on any atom is 0.248 e. The molecule has 1 amide bonds. The van der Waals surface area contributed by atoms with Gasteiger partial charge in [0.15, 0.2) is 0 Å². The summed E-state index contributed by atoms with van der Waals surface area (Å²) in [6.45, 7) is 1.57. The third kappa shape index (κ3) is 4.61. The molecule has 4 nitrogen and oxygen atoms in total. The molecule has 0 spiro atoms. The number of methoxy groups -OCH3 is 1. The predicted octanol–water partition coefficient (Wildman–Crippen LogP) is 2.13. The Kier molecular flexibility index (Phi) is 5.35. The fourth-order valence-electron chi connectivity index (χ4n) is 2.13. The zero-order valence-electron chi connectivity index (χ0n) is 12.1. The van der Waals surface area contributed by atoms with Gasteiger partial charge >= 0.3 is 0 Å². The van der Waals surface area contributed by atoms with Crippen molar-refractivity contribution in [2.75, 3.05) is 13.7 Å². The van der Waals surface area contributed by atoms with Crippen LogP contribution in [0, 0.1) is 0 Å². The molecule has 0 atom stereocenters. The topological polar surface area (TPSA) is 64.3 Å². The zero-order valence-corrected chi connectivity index (χ0v) is 12.1. The summed E-state index contributed by atoms with van der Waals surface area (Å²) in [5, 5.41) is 3.36. The van der Waals surface area contributed by atoms with Gasteiger partial charge in [0.05, 0.1) is 7.11 Å². The van der Waals surface area contributed by atoms with E-state index in [1.54, 1.807) is 13.2 Å². The van der Waals surface area contributed by atoms with E-state index < -0.39 is 5.91 Å². The van der Waals surface area contributed by atoms with Gasteiger partial charge in [0.1, 0.15) is 5.75 Å². The first-order chi connectivity index (χ1) is 10.2. The highest BCUT2D eigenvalue weighted by Crippen LogP contribution is 2.12. The van der Waals surface area contributed by atoms with E-state index in [0.29, 0.717) is 12.1 Å². The Hall–Kier alpha value is -2.33. The van der Waals surface area contributed by atoms with Crippen molar-refractivity contribution in [2.45, 2.75) is 13.0 Å². The summed E-state index contributed by atoms with van der Waals surface area (Å²) in [4.78, 5) is 11.1. The zero-order chi connectivity index (χ0) is 15.1. The second-order valence-corrected chi connectivity index (χ2v) is 4.84. The number of benzene rings is 2. The smallest absolute Gasteiger partial charge is 0.248 e. The number of carbonyl (C=O) groups excluding carboxylic acids is 1. The van der Waals surface area contributed by atoms with Gasteiger partial charge < -0.3 is 15.8 Å². The lowest BCUT2D eigenvalue weighted by Gasteiger charge is -2.07. The van der Waals surface area contributed by atoms with E-state index in [-0.39, 0.29) is 0 Å². The number of nitrogens with two attached hydrogens (primary N) is 1. The molecule has 0 bridgehead atoms. The minimum absolute atomic E-state index is 0.395. The van der Waals surface area contributed by atoms with Gasteiger partial charge in [0.2, 0.25) is 5.91 Å². The first-order valence-corrected chi connectivity index (χ1v) is 6.91. The van der Waals surface area contributed by atoms with Crippen LogP contribution in [0.1, 0.15) is 21.5 Å². The summed E-state index contributed by atoms with van der Waals surface area (Å²) in [6.07, 6.45) is 0.923. The molecule has 0 aliphatic carbocycles. The molecule has 0 aromatic heterocycles. The van der Waals surface area contributed by atoms with E-state index in [2.05, 4.69) is 11.4 Å². The Morgan fingerprint density at radius 2 is 1.90 bits per heavy atom. The molecule has 0 radical (unpaired) electrons. The van der Waals surface area contributed by atoms with Gasteiger partial charge in [0.25, 0.3) is 0 Å². The molecular weight excluding hydrogens is 264 g/mol. The van der Waals surface area contributed by atoms with Crippen LogP contribution < -0.4 is 15.8 Å². The molecule has 0 fully saturated rings. The van der Waals surface area contributed by atoms with Gasteiger partial charge in [-0.2, -0.15) is 0 Å². The van der Waals surface area contributed by atoms with Crippen molar-refractivity contribution in [3.05, 3.63) is 65.2 Å². The quantitative estimate of drug-likeness (QED) is 0.766. The highest BCUT2D eigenvalue weighted by molar-refractivity contribution is 5.92. The molecule has 0 saturated carbocycles. The van der Waals surface area contributed by atoms with E-state index in [0.717, 1.165) is 24.3 Å². The Bertz CT molecular complexity index is 611. The Labute approximate surface area is 124 Å². The maximum absolute atomic E-state index is 11.1. The molecule has 0 saturated heterocycles. The summed E-state index contributed by atoms with van der Waals surface area (Å²) in [5.74, 6) is 0.481. The van der Waals surface area contributed by atoms with Crippen LogP contribution in [0.15, 0.2) is 48.5 Å². The lowest BCUT2D eigenvalue weighted by atomic mass is 10.1. The van der Waals surface area contributed by atoms with Crippen molar-refractivity contribution in [2.24, 2.45) is 5.73 Å². The number of primary amides is 1. The van der Waals surface area contributed by atoms with Crippen LogP contribution in [0.25, 0.3) is 0 Å². The van der Waals surface area contributed by atoms with E-state index >= 15 is 0 Å². The number of hydrogen-bond donors (Lipinski definition) is 2. The van der Waals surface area contributed by atoms with Crippen LogP contribution in [0.2, 0.25) is 0 Å². The van der Waals surface area contributed by atoms with Crippen LogP contribution in [0.4, 0.5) is 0 Å². The summed E-state index contributed by atoms with van der Waals surface area (Å²) in [5.41, 5.74) is 8.10. The van der Waals surface area contributed by atoms with E-state index in [1.165, 1.54) is 5.56 Å². The van der Waals surface area contributed by atoms with Gasteiger partial charge in [-0.1, -0.05) is 24.3 Å². The first-order valence-electron chi connectivity index (χ1n) is 6.91. The van der Waals surface area contributed by atoms with Crippen molar-refractivity contribution >= 4 is 5.91 Å². The van der Waals surface area contributed by atoms with Gasteiger partial charge in [-0.25, -0.2) is 0 Å². The molecule has 0 unspecified atom stereocenters. The highest BCUT2D eigenvalue weighted by atomic mass is 16.5. The molecule has 2 aromatic rings. The van der Waals surface area contributed by atoms with Crippen LogP contribution in [0.3, 0.4) is 0 Å². The standard InChI is InChI=1S/C17H20N2O2/c1-21-16-7-3-4-13(11-16)8-9-19-12-14-5-2-6-15(10-14)17(18)20/h2-7,10-11,19H,8-9,12H2,1H3,(H2,18,20). The predicted molar refractivity (Wildman–Crippen MR) is 83.4 cm³/mol. The molecule has 110 valence electrons. The number of carbonyl (C=O) groups is 1. The van der Waals surface area contributed by atoms with E-state index in [9.17, 15) is 4.79 Å². The normalized spacial score (nSPS) is 10.3. The van der Waals surface area contributed by atoms with Crippen molar-refractivity contribution in [3.63, 3.8) is 0 Å². The van der Waals surface area contributed by atoms with Crippen molar-refractivity contribution in [3.8, 4) is 5.75 Å². The first kappa shape index (κ1) is 15.1. The van der Waals surface area contributed by atoms with Gasteiger partial charge in [0, 0.05) is 12.1 Å². The molecule has 21 heavy (non-hydrogen) atoms. The van der Waals surface area contributed by atoms with Crippen molar-refractivity contribution in [1.29, 1.82) is 0 Å². The Balaban J connectivity index is 1.81. The number of rotatable bonds is 7. The molecule has 4 heteroatoms. The number of amides is 1. The Morgan fingerprint density at radius 1 is 1.14 bits per heavy atom. The highest BCUT2D eigenvalue weighted by Gasteiger charge is 2.01. The Morgan fingerprint density at radius 3 is 2.67 bits per heavy atom. The minimum Gasteiger partial charge on any atom is -0.497 e. The van der Waals surface area contributed by atoms with Crippen LogP contribution in [0.5, 0.6) is 5.75 Å². The lowest BCUT2D eigenvalue weighted by molar-refractivity contribution is 0.1000. The molecular formula is C17H20N2O2. The summed E-state index contributed by atoms with van der Waals surface area (Å²) in [6, 6.07) is 15.4. The van der Waals surface area contributed by atoms with Crippen LogP contribution in [-0.2, 0) is 13.0 Å². The van der Waals surface area contributed by atoms with Crippen molar-refractivity contribution in [1.82, 2.24) is 5.32 Å². The second kappa shape index (κ2) is 7.45. The largest absolute Gasteiger partial charge is 0.497 e. The molecule has 0 aliphatic heterocycles. The van der Waals surface area contributed by atoms with Gasteiger partial charge in [-0.15, -0.1) is 0 Å². The molecule has 2 rings (SSSR count). The molecule has 0 aliphatic rings. The molecule has 2 aromatic carbocycles. The number of nitrogens with one attached hydrogen (secondary N) is 1. The SMILES string of the molecule is COc1cccc(CCNCc2cccc(C(N)=O)c2)c1. The summed E-state index contributed by atoms with van der Waals surface area (Å²) in [7, 11) is 1.67. The van der Waals surface area contributed by atoms with Gasteiger partial charge in [-0.05, 0) is 48.4 Å². The lowest BCUT2D eigenvalue weighted by Crippen LogP contribution is -2.17. The second-order valence-electron chi connectivity index (χ2n) is 4.84. The fourth-order valence-corrected chi connectivity index (χ4v) is 2.13. The van der Waals surface area contributed by atoms with Crippen LogP contribution in [-0.4, -0.2) is 19.6 Å². The minimum atomic E-state index is -0.395. The number of hydrogen-bond acceptors (Lipinski definition) is 3. The van der Waals surface area contributed by atoms with Crippen molar-refractivity contribution < 1.29 is 9.53 Å². The average Bonchev–Trinajstić information content (AvgIpc) is 2.52. The maximum atomic E-state index is 11.1. The molecule has 3 N–H and O–H groups in total. The van der Waals surface area contributed by atoms with Crippen LogP contribution >= 0.6 is 0 Å². The third-order valence-electron chi connectivity index (χ3n) is 3.27. The summed E-state index contributed by atoms with van der Waals surface area (Å²) >= 11 is 0. The number of ether oxygens (including phenoxy) is 1. The molecule has 0 heterocycles. The average molecular weight is 284 g/mol. The van der Waals surface area contributed by atoms with E-state index in [4.69, 9.17) is 10.5 Å². The van der Waals surface area contributed by atoms with Gasteiger partial charge in [-0.3, -0.25) is 4.79 Å². The summed E-state index contributed by atoms with van der Waals surface area (Å²) < 4.78 is 5.20. The monoisotopic (exact) mass is 284 g/mol. The third-order valence-corrected chi connectivity index (χ3v) is 3.27. The van der Waals surface area contributed by atoms with E-state index in [1.807, 2.05) is 36.4 Å².